The van der Waals surface area contributed by atoms with E-state index in [4.69, 9.17) is 9.79 Å². The molecular weight excluding hydrogens is 748 g/mol. The van der Waals surface area contributed by atoms with E-state index in [0.29, 0.717) is 0 Å². The van der Waals surface area contributed by atoms with E-state index < -0.39 is 84.6 Å². The number of halogens is 27. The van der Waals surface area contributed by atoms with Gasteiger partial charge in [0, 0.05) is 0 Å². The van der Waals surface area contributed by atoms with Crippen LogP contribution in [-0.2, 0) is 4.57 Å². The van der Waals surface area contributed by atoms with Gasteiger partial charge in [-0.05, 0) is 0 Å². The molecule has 0 rings (SSSR count). The van der Waals surface area contributed by atoms with Gasteiger partial charge < -0.3 is 9.79 Å². The van der Waals surface area contributed by atoms with Crippen molar-refractivity contribution in [3.05, 3.63) is 0 Å². The minimum atomic E-state index is -9.90. The van der Waals surface area contributed by atoms with Crippen LogP contribution in [0.4, 0.5) is 119 Å². The Morgan fingerprint density at radius 2 is 0.409 bits per heavy atom. The third-order valence-electron chi connectivity index (χ3n) is 5.04. The van der Waals surface area contributed by atoms with E-state index in [2.05, 4.69) is 0 Å². The molecule has 2 N–H and O–H groups in total. The van der Waals surface area contributed by atoms with Crippen LogP contribution in [0.5, 0.6) is 0 Å². The second-order valence-corrected chi connectivity index (χ2v) is 9.55. The Morgan fingerprint density at radius 3 is 0.545 bits per heavy atom. The van der Waals surface area contributed by atoms with Crippen LogP contribution >= 0.6 is 7.60 Å². The molecule has 0 aromatic rings. The van der Waals surface area contributed by atoms with Crippen LogP contribution in [0, 0.1) is 0 Å². The first-order chi connectivity index (χ1) is 18.2. The monoisotopic (exact) mass is 750 g/mol. The van der Waals surface area contributed by atoms with E-state index in [0.717, 1.165) is 0 Å². The SMILES string of the molecule is O=P(O)(O)C(F)(F)C(F)(F)C(F)(F)C(F)(F)C(F)(F)C(F)(F)C(F)(F)C(F)(F)C(F)(F)C(F)(F)C(F)(F)C(F)(F)C(F)(F)F. The van der Waals surface area contributed by atoms with Gasteiger partial charge in [0.2, 0.25) is 0 Å². The Kier molecular flexibility index (Phi) is 9.49. The molecule has 0 fully saturated rings. The molecule has 0 aromatic carbocycles. The second kappa shape index (κ2) is 9.88. The van der Waals surface area contributed by atoms with E-state index in [9.17, 15) is 123 Å². The maximum Gasteiger partial charge on any atom is 0.460 e. The van der Waals surface area contributed by atoms with E-state index in [-0.39, 0.29) is 0 Å². The van der Waals surface area contributed by atoms with E-state index in [1.54, 1.807) is 0 Å². The lowest BCUT2D eigenvalue weighted by molar-refractivity contribution is -0.484. The average Bonchev–Trinajstić information content (AvgIpc) is 2.75. The zero-order chi connectivity index (χ0) is 37.0. The molecule has 266 valence electrons. The molecule has 0 heterocycles. The predicted molar refractivity (Wildman–Crippen MR) is 77.5 cm³/mol. The Bertz CT molecular complexity index is 1130. The molecule has 0 amide bonds. The van der Waals surface area contributed by atoms with E-state index >= 15 is 0 Å². The fourth-order valence-corrected chi connectivity index (χ4v) is 2.83. The molecule has 0 saturated carbocycles. The van der Waals surface area contributed by atoms with Gasteiger partial charge in [-0.25, -0.2) is 0 Å². The van der Waals surface area contributed by atoms with Crippen molar-refractivity contribution in [3.63, 3.8) is 0 Å². The van der Waals surface area contributed by atoms with Crippen LogP contribution in [0.2, 0.25) is 0 Å². The number of hydrogen-bond donors (Lipinski definition) is 2. The van der Waals surface area contributed by atoms with Crippen molar-refractivity contribution in [2.24, 2.45) is 0 Å². The smallest absolute Gasteiger partial charge is 0.320 e. The molecule has 0 spiro atoms. The van der Waals surface area contributed by atoms with Crippen molar-refractivity contribution >= 4 is 7.60 Å². The molecule has 3 nitrogen and oxygen atoms in total. The molecule has 0 saturated heterocycles. The molecule has 0 bridgehead atoms. The largest absolute Gasteiger partial charge is 0.460 e. The average molecular weight is 750 g/mol. The summed E-state index contributed by atoms with van der Waals surface area (Å²) in [4.78, 5) is 15.7. The van der Waals surface area contributed by atoms with Crippen molar-refractivity contribution < 1.29 is 133 Å². The summed E-state index contributed by atoms with van der Waals surface area (Å²) >= 11 is 0. The Hall–Kier alpha value is -1.74. The number of rotatable bonds is 12. The van der Waals surface area contributed by atoms with Crippen LogP contribution in [0.25, 0.3) is 0 Å². The summed E-state index contributed by atoms with van der Waals surface area (Å²) in [6, 6.07) is 0. The minimum absolute atomic E-state index is 7.86. The highest BCUT2D eigenvalue weighted by molar-refractivity contribution is 7.53. The number of alkyl halides is 27. The van der Waals surface area contributed by atoms with Gasteiger partial charge in [-0.3, -0.25) is 4.57 Å². The zero-order valence-corrected chi connectivity index (χ0v) is 19.3. The molecule has 31 heteroatoms. The summed E-state index contributed by atoms with van der Waals surface area (Å²) in [5.74, 6) is -105. The normalized spacial score (nSPS) is 17.3. The molecular formula is C13H2F27O3P. The molecule has 0 atom stereocenters. The van der Waals surface area contributed by atoms with Gasteiger partial charge in [0.25, 0.3) is 0 Å². The van der Waals surface area contributed by atoms with Gasteiger partial charge in [-0.2, -0.15) is 119 Å². The summed E-state index contributed by atoms with van der Waals surface area (Å²) in [7, 11) is -8.38. The first kappa shape index (κ1) is 42.3. The highest BCUT2D eigenvalue weighted by Crippen LogP contribution is 2.70. The van der Waals surface area contributed by atoms with Crippen LogP contribution in [0.15, 0.2) is 0 Å². The molecule has 0 aromatic heterocycles. The topological polar surface area (TPSA) is 57.5 Å². The quantitative estimate of drug-likeness (QED) is 0.156. The summed E-state index contributed by atoms with van der Waals surface area (Å²) in [6.07, 6.45) is -8.28. The Morgan fingerprint density at radius 1 is 0.273 bits per heavy atom. The van der Waals surface area contributed by atoms with E-state index in [1.807, 2.05) is 0 Å². The van der Waals surface area contributed by atoms with Gasteiger partial charge in [0.1, 0.15) is 0 Å². The Labute approximate surface area is 219 Å². The maximum atomic E-state index is 13.6. The predicted octanol–water partition coefficient (Wildman–Crippen LogP) is 8.31. The maximum absolute atomic E-state index is 13.6. The minimum Gasteiger partial charge on any atom is -0.320 e. The first-order valence-electron chi connectivity index (χ1n) is 8.91. The van der Waals surface area contributed by atoms with Crippen LogP contribution in [0.3, 0.4) is 0 Å². The molecule has 0 aliphatic carbocycles. The highest BCUT2D eigenvalue weighted by atomic mass is 31.2. The van der Waals surface area contributed by atoms with Crippen molar-refractivity contribution in [1.29, 1.82) is 0 Å². The Balaban J connectivity index is 7.54. The lowest BCUT2D eigenvalue weighted by Gasteiger charge is -2.46. The van der Waals surface area contributed by atoms with Gasteiger partial charge >= 0.3 is 84.6 Å². The first-order valence-corrected chi connectivity index (χ1v) is 10.5. The fourth-order valence-electron chi connectivity index (χ4n) is 2.32. The van der Waals surface area contributed by atoms with Crippen molar-refractivity contribution in [3.8, 4) is 0 Å². The third kappa shape index (κ3) is 4.67. The zero-order valence-electron chi connectivity index (χ0n) is 18.5. The molecule has 0 unspecified atom stereocenters. The summed E-state index contributed by atoms with van der Waals surface area (Å²) in [5.41, 5.74) is -8.14. The standard InChI is InChI=1S/C13H2F27O3P/c14-1(15,2(16,17)4(20,21)6(24,25)8(28,29)10(32,33)12(36,37)38)3(18,19)5(22,23)7(26,27)9(30,31)11(34,35)13(39,40)44(41,42)43/h(H2,41,42,43). The van der Waals surface area contributed by atoms with Crippen molar-refractivity contribution in [2.75, 3.05) is 0 Å². The summed E-state index contributed by atoms with van der Waals surface area (Å²) < 4.78 is 366. The van der Waals surface area contributed by atoms with Gasteiger partial charge in [-0.1, -0.05) is 0 Å². The van der Waals surface area contributed by atoms with Crippen LogP contribution in [-0.4, -0.2) is 86.8 Å². The molecule has 0 radical (unpaired) electrons. The number of hydrogen-bond acceptors (Lipinski definition) is 1. The summed E-state index contributed by atoms with van der Waals surface area (Å²) in [5, 5.41) is 0. The van der Waals surface area contributed by atoms with Crippen molar-refractivity contribution in [1.82, 2.24) is 0 Å². The van der Waals surface area contributed by atoms with Crippen LogP contribution < -0.4 is 0 Å². The van der Waals surface area contributed by atoms with Gasteiger partial charge in [0.05, 0.1) is 0 Å². The summed E-state index contributed by atoms with van der Waals surface area (Å²) in [6.45, 7) is 0. The van der Waals surface area contributed by atoms with Gasteiger partial charge in [0.15, 0.2) is 0 Å². The van der Waals surface area contributed by atoms with Gasteiger partial charge in [-0.15, -0.1) is 0 Å². The molecule has 44 heavy (non-hydrogen) atoms. The lowest BCUT2D eigenvalue weighted by atomic mass is 9.84. The highest BCUT2D eigenvalue weighted by Gasteiger charge is 3.00. The second-order valence-electron chi connectivity index (χ2n) is 7.90. The molecule has 0 aliphatic heterocycles. The molecule has 0 aliphatic rings. The van der Waals surface area contributed by atoms with Crippen molar-refractivity contribution in [2.45, 2.75) is 77.0 Å². The third-order valence-corrected chi connectivity index (χ3v) is 6.06. The lowest BCUT2D eigenvalue weighted by Crippen LogP contribution is -2.78. The fraction of sp³-hybridized carbons (Fsp3) is 1.00. The van der Waals surface area contributed by atoms with Crippen LogP contribution in [0.1, 0.15) is 0 Å². The van der Waals surface area contributed by atoms with E-state index in [1.165, 1.54) is 0 Å².